The number of phenolic OH excluding ortho intramolecular Hbond substituents is 1. The quantitative estimate of drug-likeness (QED) is 0.428. The highest BCUT2D eigenvalue weighted by Gasteiger charge is 2.64. The van der Waals surface area contributed by atoms with Gasteiger partial charge in [-0.2, -0.15) is 13.2 Å². The molecule has 170 valence electrons. The monoisotopic (exact) mass is 469 g/mol. The lowest BCUT2D eigenvalue weighted by Crippen LogP contribution is -2.58. The highest BCUT2D eigenvalue weighted by Crippen LogP contribution is 2.57. The van der Waals surface area contributed by atoms with E-state index in [1.54, 1.807) is 6.92 Å². The molecule has 2 aromatic carbocycles. The predicted octanol–water partition coefficient (Wildman–Crippen LogP) is 5.56. The van der Waals surface area contributed by atoms with E-state index in [0.29, 0.717) is 5.82 Å². The molecule has 5 nitrogen and oxygen atoms in total. The average Bonchev–Trinajstić information content (AvgIpc) is 2.67. The van der Waals surface area contributed by atoms with Gasteiger partial charge in [-0.1, -0.05) is 31.5 Å². The lowest BCUT2D eigenvalue weighted by atomic mass is 9.63. The second-order valence-electron chi connectivity index (χ2n) is 8.69. The van der Waals surface area contributed by atoms with Crippen molar-refractivity contribution < 1.29 is 27.8 Å². The topological polar surface area (TPSA) is 78.3 Å². The number of anilines is 1. The molecule has 1 aliphatic carbocycles. The van der Waals surface area contributed by atoms with Crippen molar-refractivity contribution in [2.75, 3.05) is 5.32 Å². The van der Waals surface area contributed by atoms with Gasteiger partial charge >= 0.3 is 6.18 Å². The summed E-state index contributed by atoms with van der Waals surface area (Å²) >= 11 is 6.04. The van der Waals surface area contributed by atoms with E-state index in [2.05, 4.69) is 15.3 Å². The molecule has 4 rings (SSSR count). The Bertz CT molecular complexity index is 1230. The Morgan fingerprint density at radius 3 is 2.53 bits per heavy atom. The Labute approximate surface area is 186 Å². The number of nitrogens with zero attached hydrogens (tertiary/aromatic N) is 2. The van der Waals surface area contributed by atoms with Crippen molar-refractivity contribution in [2.24, 2.45) is 0 Å². The van der Waals surface area contributed by atoms with Crippen LogP contribution in [-0.2, 0) is 5.41 Å². The summed E-state index contributed by atoms with van der Waals surface area (Å²) in [6.45, 7) is 4.56. The van der Waals surface area contributed by atoms with E-state index in [1.165, 1.54) is 38.2 Å². The molecule has 0 saturated heterocycles. The van der Waals surface area contributed by atoms with Crippen LogP contribution in [0, 0.1) is 12.7 Å². The van der Waals surface area contributed by atoms with Crippen LogP contribution < -0.4 is 5.32 Å². The number of rotatable bonds is 2. The number of fused-ring (bicyclic) bond motifs is 2. The first-order chi connectivity index (χ1) is 14.8. The van der Waals surface area contributed by atoms with Gasteiger partial charge in [0.05, 0.1) is 11.1 Å². The van der Waals surface area contributed by atoms with Crippen LogP contribution in [0.4, 0.5) is 23.2 Å². The molecule has 0 bridgehead atoms. The molecule has 0 fully saturated rings. The van der Waals surface area contributed by atoms with Crippen LogP contribution in [0.15, 0.2) is 30.5 Å². The minimum Gasteiger partial charge on any atom is -0.506 e. The standard InChI is InChI=1S/C22H20ClF4N3O2/c1-10-28-8-12-15(7-6-14(24)17(12)29-10)30-19-11-4-5-13(23)18(31)16(11)20(2,3)9-21(19,32)22(25,26)27/h4-8,19,30-32H,9H2,1-3H3/t19-,21-/m1/s1. The van der Waals surface area contributed by atoms with E-state index in [0.717, 1.165) is 6.07 Å². The fourth-order valence-electron chi connectivity index (χ4n) is 4.57. The van der Waals surface area contributed by atoms with Gasteiger partial charge in [-0.25, -0.2) is 14.4 Å². The number of halogens is 5. The highest BCUT2D eigenvalue weighted by molar-refractivity contribution is 6.32. The summed E-state index contributed by atoms with van der Waals surface area (Å²) in [4.78, 5) is 8.06. The summed E-state index contributed by atoms with van der Waals surface area (Å²) < 4.78 is 57.1. The van der Waals surface area contributed by atoms with Crippen molar-refractivity contribution >= 4 is 28.2 Å². The third-order valence-electron chi connectivity index (χ3n) is 5.95. The Balaban J connectivity index is 1.97. The van der Waals surface area contributed by atoms with Crippen LogP contribution in [0.2, 0.25) is 5.02 Å². The first-order valence-electron chi connectivity index (χ1n) is 9.75. The van der Waals surface area contributed by atoms with Crippen LogP contribution in [0.25, 0.3) is 10.9 Å². The maximum absolute atomic E-state index is 14.3. The van der Waals surface area contributed by atoms with Crippen LogP contribution in [0.3, 0.4) is 0 Å². The van der Waals surface area contributed by atoms with Crippen LogP contribution in [0.1, 0.15) is 43.3 Å². The molecular formula is C22H20ClF4N3O2. The van der Waals surface area contributed by atoms with E-state index in [4.69, 9.17) is 11.6 Å². The van der Waals surface area contributed by atoms with Crippen LogP contribution in [0.5, 0.6) is 5.75 Å². The molecule has 0 unspecified atom stereocenters. The molecule has 0 saturated carbocycles. The molecule has 1 aromatic heterocycles. The fourth-order valence-corrected chi connectivity index (χ4v) is 4.73. The van der Waals surface area contributed by atoms with E-state index in [9.17, 15) is 27.8 Å². The summed E-state index contributed by atoms with van der Waals surface area (Å²) in [5.41, 5.74) is -4.17. The van der Waals surface area contributed by atoms with Crippen molar-refractivity contribution in [1.82, 2.24) is 9.97 Å². The number of aryl methyl sites for hydroxylation is 1. The lowest BCUT2D eigenvalue weighted by Gasteiger charge is -2.49. The van der Waals surface area contributed by atoms with Crippen molar-refractivity contribution in [2.45, 2.75) is 50.4 Å². The number of phenols is 1. The largest absolute Gasteiger partial charge is 0.506 e. The van der Waals surface area contributed by atoms with E-state index in [-0.39, 0.29) is 38.5 Å². The minimum atomic E-state index is -5.02. The number of hydrogen-bond donors (Lipinski definition) is 3. The Morgan fingerprint density at radius 1 is 1.19 bits per heavy atom. The molecule has 3 N–H and O–H groups in total. The number of hydrogen-bond acceptors (Lipinski definition) is 5. The van der Waals surface area contributed by atoms with Gasteiger partial charge in [0, 0.05) is 22.8 Å². The number of aromatic nitrogens is 2. The third kappa shape index (κ3) is 3.34. The molecule has 0 amide bonds. The van der Waals surface area contributed by atoms with Crippen molar-refractivity contribution in [3.8, 4) is 5.75 Å². The van der Waals surface area contributed by atoms with Gasteiger partial charge in [0.1, 0.15) is 22.9 Å². The zero-order valence-electron chi connectivity index (χ0n) is 17.3. The molecule has 10 heteroatoms. The van der Waals surface area contributed by atoms with Crippen molar-refractivity contribution in [3.63, 3.8) is 0 Å². The maximum Gasteiger partial charge on any atom is 0.419 e. The van der Waals surface area contributed by atoms with Crippen LogP contribution in [-0.4, -0.2) is 32.0 Å². The molecule has 1 heterocycles. The Kier molecular flexibility index (Phi) is 5.06. The number of benzene rings is 2. The maximum atomic E-state index is 14.3. The summed E-state index contributed by atoms with van der Waals surface area (Å²) in [6.07, 6.45) is -4.45. The molecule has 0 radical (unpaired) electrons. The van der Waals surface area contributed by atoms with Crippen molar-refractivity contribution in [3.05, 3.63) is 58.3 Å². The van der Waals surface area contributed by atoms with Gasteiger partial charge in [0.15, 0.2) is 5.60 Å². The SMILES string of the molecule is Cc1ncc2c(N[C@@H]3c4ccc(Cl)c(O)c4C(C)(C)C[C@]3(O)C(F)(F)F)ccc(F)c2n1. The van der Waals surface area contributed by atoms with Gasteiger partial charge in [-0.15, -0.1) is 0 Å². The van der Waals surface area contributed by atoms with Gasteiger partial charge in [0.2, 0.25) is 0 Å². The zero-order valence-corrected chi connectivity index (χ0v) is 18.1. The lowest BCUT2D eigenvalue weighted by molar-refractivity contribution is -0.275. The van der Waals surface area contributed by atoms with Crippen LogP contribution >= 0.6 is 11.6 Å². The van der Waals surface area contributed by atoms with Gasteiger partial charge in [-0.05, 0) is 42.5 Å². The molecule has 0 aliphatic heterocycles. The average molecular weight is 470 g/mol. The zero-order chi connectivity index (χ0) is 23.6. The van der Waals surface area contributed by atoms with E-state index in [1.807, 2.05) is 0 Å². The molecule has 1 aliphatic rings. The van der Waals surface area contributed by atoms with Crippen molar-refractivity contribution in [1.29, 1.82) is 0 Å². The highest BCUT2D eigenvalue weighted by atomic mass is 35.5. The smallest absolute Gasteiger partial charge is 0.419 e. The number of aliphatic hydroxyl groups is 1. The summed E-state index contributed by atoms with van der Waals surface area (Å²) in [6, 6.07) is 3.25. The molecule has 2 atom stereocenters. The summed E-state index contributed by atoms with van der Waals surface area (Å²) in [5.74, 6) is -0.700. The third-order valence-corrected chi connectivity index (χ3v) is 6.26. The Hall–Kier alpha value is -2.65. The molecule has 3 aromatic rings. The number of alkyl halides is 3. The van der Waals surface area contributed by atoms with Gasteiger partial charge < -0.3 is 15.5 Å². The van der Waals surface area contributed by atoms with Gasteiger partial charge in [0.25, 0.3) is 0 Å². The minimum absolute atomic E-state index is 0.0101. The fraction of sp³-hybridized carbons (Fsp3) is 0.364. The predicted molar refractivity (Wildman–Crippen MR) is 112 cm³/mol. The normalized spacial score (nSPS) is 22.6. The molecular weight excluding hydrogens is 450 g/mol. The first kappa shape index (κ1) is 22.5. The summed E-state index contributed by atoms with van der Waals surface area (Å²) in [7, 11) is 0. The Morgan fingerprint density at radius 2 is 1.88 bits per heavy atom. The second kappa shape index (κ2) is 7.18. The summed E-state index contributed by atoms with van der Waals surface area (Å²) in [5, 5.41) is 24.5. The second-order valence-corrected chi connectivity index (χ2v) is 9.10. The molecule has 0 spiro atoms. The van der Waals surface area contributed by atoms with E-state index >= 15 is 0 Å². The first-order valence-corrected chi connectivity index (χ1v) is 10.1. The van der Waals surface area contributed by atoms with Gasteiger partial charge in [-0.3, -0.25) is 0 Å². The number of aromatic hydroxyl groups is 1. The molecule has 32 heavy (non-hydrogen) atoms. The number of nitrogens with one attached hydrogen (secondary N) is 1. The van der Waals surface area contributed by atoms with E-state index < -0.39 is 35.5 Å².